The summed E-state index contributed by atoms with van der Waals surface area (Å²) < 4.78 is 23.2. The van der Waals surface area contributed by atoms with Gasteiger partial charge in [-0.1, -0.05) is 52.2 Å². The Kier molecular flexibility index (Phi) is 9.61. The van der Waals surface area contributed by atoms with Crippen molar-refractivity contribution in [3.63, 3.8) is 0 Å². The topological polar surface area (TPSA) is 172 Å². The van der Waals surface area contributed by atoms with E-state index in [9.17, 15) is 10.0 Å². The van der Waals surface area contributed by atoms with E-state index in [-0.39, 0.29) is 23.7 Å². The molecule has 14 heteroatoms. The van der Waals surface area contributed by atoms with Gasteiger partial charge in [0, 0.05) is 40.8 Å². The zero-order chi connectivity index (χ0) is 37.5. The first kappa shape index (κ1) is 35.4. The zero-order valence-electron chi connectivity index (χ0n) is 29.9. The molecule has 13 nitrogen and oxygen atoms in total. The average Bonchev–Trinajstić information content (AvgIpc) is 4.01. The molecule has 0 radical (unpaired) electrons. The van der Waals surface area contributed by atoms with Gasteiger partial charge in [0.05, 0.1) is 22.6 Å². The molecule has 2 aromatic heterocycles. The Labute approximate surface area is 315 Å². The summed E-state index contributed by atoms with van der Waals surface area (Å²) in [6.07, 6.45) is 2.60. The second-order valence-corrected chi connectivity index (χ2v) is 13.8. The van der Waals surface area contributed by atoms with Crippen LogP contribution < -0.4 is 15.2 Å². The number of halogens is 1. The molecule has 4 aromatic carbocycles. The van der Waals surface area contributed by atoms with Crippen molar-refractivity contribution < 1.29 is 33.4 Å². The van der Waals surface area contributed by atoms with E-state index in [2.05, 4.69) is 26.3 Å². The van der Waals surface area contributed by atoms with E-state index < -0.39 is 6.10 Å². The van der Waals surface area contributed by atoms with E-state index >= 15 is 0 Å². The molecule has 0 aliphatic heterocycles. The first-order valence-electron chi connectivity index (χ1n) is 17.9. The van der Waals surface area contributed by atoms with E-state index in [1.165, 1.54) is 12.7 Å². The van der Waals surface area contributed by atoms with Crippen molar-refractivity contribution in [3.8, 4) is 57.2 Å². The van der Waals surface area contributed by atoms with Crippen LogP contribution >= 0.6 is 11.6 Å². The maximum Gasteiger partial charge on any atom is 0.358 e. The van der Waals surface area contributed by atoms with Crippen molar-refractivity contribution in [1.82, 2.24) is 20.3 Å². The van der Waals surface area contributed by atoms with E-state index in [0.717, 1.165) is 46.2 Å². The third-order valence-electron chi connectivity index (χ3n) is 9.98. The maximum atomic E-state index is 12.3. The van der Waals surface area contributed by atoms with Gasteiger partial charge in [0.1, 0.15) is 11.9 Å². The Balaban J connectivity index is 0.984. The molecule has 6 aromatic rings. The summed E-state index contributed by atoms with van der Waals surface area (Å²) in [5, 5.41) is 20.0. The predicted octanol–water partition coefficient (Wildman–Crippen LogP) is 8.08. The lowest BCUT2D eigenvalue weighted by Gasteiger charge is -2.19. The van der Waals surface area contributed by atoms with Gasteiger partial charge in [-0.05, 0) is 97.7 Å². The van der Waals surface area contributed by atoms with Crippen LogP contribution in [-0.2, 0) is 24.1 Å². The van der Waals surface area contributed by atoms with Crippen LogP contribution in [-0.4, -0.2) is 50.1 Å². The summed E-state index contributed by atoms with van der Waals surface area (Å²) in [5.41, 5.74) is 14.4. The molecule has 2 aliphatic carbocycles. The fraction of sp³-hybridized carbons (Fsp3) is 0.300. The number of ether oxygens (including phenoxy) is 2. The summed E-state index contributed by atoms with van der Waals surface area (Å²) in [6.45, 7) is 4.17. The van der Waals surface area contributed by atoms with E-state index in [0.29, 0.717) is 76.0 Å². The summed E-state index contributed by atoms with van der Waals surface area (Å²) in [7, 11) is 1.28. The van der Waals surface area contributed by atoms with Crippen LogP contribution in [0.15, 0.2) is 75.8 Å². The lowest BCUT2D eigenvalue weighted by Crippen LogP contribution is -2.17. The molecule has 3 unspecified atom stereocenters. The molecule has 2 aliphatic rings. The number of benzene rings is 4. The summed E-state index contributed by atoms with van der Waals surface area (Å²) in [4.78, 5) is 26.9. The van der Waals surface area contributed by atoms with E-state index in [4.69, 9.17) is 40.7 Å². The molecular weight excluding hydrogens is 712 g/mol. The van der Waals surface area contributed by atoms with Gasteiger partial charge in [0.25, 0.3) is 16.7 Å². The second kappa shape index (κ2) is 14.7. The number of hydrogen-bond acceptors (Lipinski definition) is 12. The summed E-state index contributed by atoms with van der Waals surface area (Å²) >= 11 is 6.73. The van der Waals surface area contributed by atoms with Crippen LogP contribution in [0.5, 0.6) is 11.5 Å². The van der Waals surface area contributed by atoms with Gasteiger partial charge in [-0.2, -0.15) is 9.97 Å². The highest BCUT2D eigenvalue weighted by Gasteiger charge is 2.30. The Morgan fingerprint density at radius 2 is 1.61 bits per heavy atom. The Hall–Kier alpha value is -5.63. The Morgan fingerprint density at radius 3 is 2.31 bits per heavy atom. The number of hydrogen-bond donors (Lipinski definition) is 2. The van der Waals surface area contributed by atoms with Crippen LogP contribution in [0.25, 0.3) is 45.7 Å². The van der Waals surface area contributed by atoms with Gasteiger partial charge < -0.3 is 29.4 Å². The van der Waals surface area contributed by atoms with Crippen LogP contribution in [0, 0.1) is 4.91 Å². The average molecular weight is 750 g/mol. The van der Waals surface area contributed by atoms with Gasteiger partial charge in [-0.15, -0.1) is 0 Å². The first-order chi connectivity index (χ1) is 26.2. The van der Waals surface area contributed by atoms with Gasteiger partial charge >= 0.3 is 5.69 Å². The van der Waals surface area contributed by atoms with E-state index in [1.54, 1.807) is 30.3 Å². The number of rotatable bonds is 12. The van der Waals surface area contributed by atoms with E-state index in [1.807, 2.05) is 44.2 Å². The minimum atomic E-state index is -0.643. The molecule has 3 atom stereocenters. The standard InChI is InChI=1S/C40H38ClN6O7/c1-4-51-35-17-10-24(20-32(35)47(49)50-3)40-44-38(46-54-40)29-11-8-22(36-27(29)13-15-33(36)48)18-21(2)52-34-16-9-23(19-30(34)41)39-43-37(45-53-39)28-7-5-6-26-25(28)12-14-31(26)42/h5-11,16-17,19-21,31,33,48H,4,12-15,18,42H2,1-3H3/q+1. The maximum absolute atomic E-state index is 12.3. The molecule has 0 bridgehead atoms. The minimum absolute atomic E-state index is 0.0257. The van der Waals surface area contributed by atoms with Gasteiger partial charge in [0.15, 0.2) is 7.11 Å². The second-order valence-electron chi connectivity index (χ2n) is 13.4. The van der Waals surface area contributed by atoms with Gasteiger partial charge in [-0.25, -0.2) is 4.84 Å². The molecule has 276 valence electrons. The van der Waals surface area contributed by atoms with Crippen LogP contribution in [0.3, 0.4) is 0 Å². The lowest BCUT2D eigenvalue weighted by molar-refractivity contribution is -0.736. The molecule has 2 heterocycles. The van der Waals surface area contributed by atoms with Crippen LogP contribution in [0.1, 0.15) is 66.7 Å². The van der Waals surface area contributed by atoms with Crippen molar-refractivity contribution in [2.75, 3.05) is 13.7 Å². The van der Waals surface area contributed by atoms with Crippen molar-refractivity contribution in [2.24, 2.45) is 5.73 Å². The molecule has 0 spiro atoms. The van der Waals surface area contributed by atoms with Crippen LogP contribution in [0.2, 0.25) is 5.02 Å². The SMILES string of the molecule is CCOc1ccc(-c2nc(-c3ccc(CC(C)Oc4ccc(-c5nc(-c6cccc7c6CCC7N)no5)cc4Cl)c4c3CCC4O)no2)cc1[N+](=O)OC. The van der Waals surface area contributed by atoms with Gasteiger partial charge in [-0.3, -0.25) is 0 Å². The molecule has 54 heavy (non-hydrogen) atoms. The number of nitrogens with two attached hydrogens (primary N) is 1. The fourth-order valence-electron chi connectivity index (χ4n) is 7.47. The van der Waals surface area contributed by atoms with Crippen molar-refractivity contribution in [1.29, 1.82) is 0 Å². The number of aromatic nitrogens is 4. The number of aliphatic hydroxyl groups is 1. The molecule has 0 fully saturated rings. The highest BCUT2D eigenvalue weighted by atomic mass is 35.5. The zero-order valence-corrected chi connectivity index (χ0v) is 30.7. The molecule has 0 saturated carbocycles. The number of aliphatic hydroxyl groups excluding tert-OH is 1. The molecular formula is C40H38ClN6O7+. The number of fused-ring (bicyclic) bond motifs is 2. The number of nitrogens with zero attached hydrogens (tertiary/aromatic N) is 5. The van der Waals surface area contributed by atoms with Crippen molar-refractivity contribution >= 4 is 17.3 Å². The summed E-state index contributed by atoms with van der Waals surface area (Å²) in [5.74, 6) is 2.36. The predicted molar refractivity (Wildman–Crippen MR) is 199 cm³/mol. The van der Waals surface area contributed by atoms with Crippen molar-refractivity contribution in [3.05, 3.63) is 104 Å². The monoisotopic (exact) mass is 749 g/mol. The fourth-order valence-corrected chi connectivity index (χ4v) is 7.70. The van der Waals surface area contributed by atoms with Gasteiger partial charge in [0.2, 0.25) is 17.4 Å². The van der Waals surface area contributed by atoms with Crippen molar-refractivity contribution in [2.45, 2.75) is 64.2 Å². The highest BCUT2D eigenvalue weighted by Crippen LogP contribution is 2.42. The summed E-state index contributed by atoms with van der Waals surface area (Å²) in [6, 6.07) is 20.3. The quantitative estimate of drug-likeness (QED) is 0.115. The Morgan fingerprint density at radius 1 is 0.926 bits per heavy atom. The molecule has 8 rings (SSSR count). The van der Waals surface area contributed by atoms with Crippen LogP contribution in [0.4, 0.5) is 5.69 Å². The normalized spacial score (nSPS) is 16.6. The molecule has 0 saturated heterocycles. The lowest BCUT2D eigenvalue weighted by atomic mass is 9.94. The first-order valence-corrected chi connectivity index (χ1v) is 18.2. The smallest absolute Gasteiger partial charge is 0.358 e. The Bertz CT molecular complexity index is 2380. The third kappa shape index (κ3) is 6.59. The molecule has 0 amide bonds. The highest BCUT2D eigenvalue weighted by molar-refractivity contribution is 6.32. The third-order valence-corrected chi connectivity index (χ3v) is 10.3. The minimum Gasteiger partial charge on any atom is -0.489 e. The largest absolute Gasteiger partial charge is 0.489 e. The molecule has 3 N–H and O–H groups in total.